The van der Waals surface area contributed by atoms with Gasteiger partial charge in [0.25, 0.3) is 0 Å². The summed E-state index contributed by atoms with van der Waals surface area (Å²) < 4.78 is 0. The molecule has 0 spiro atoms. The van der Waals surface area contributed by atoms with Gasteiger partial charge in [-0.1, -0.05) is 29.3 Å². The Hall–Kier alpha value is -1.84. The lowest BCUT2D eigenvalue weighted by Gasteiger charge is -2.07. The Kier molecular flexibility index (Phi) is 4.42. The molecule has 2 rings (SSSR count). The van der Waals surface area contributed by atoms with Gasteiger partial charge in [0.05, 0.1) is 15.6 Å². The van der Waals surface area contributed by atoms with Crippen molar-refractivity contribution in [2.45, 2.75) is 6.92 Å². The third-order valence-corrected chi connectivity index (χ3v) is 3.29. The van der Waals surface area contributed by atoms with E-state index in [0.717, 1.165) is 0 Å². The van der Waals surface area contributed by atoms with Gasteiger partial charge in [-0.05, 0) is 36.4 Å². The van der Waals surface area contributed by atoms with Crippen molar-refractivity contribution < 1.29 is 9.59 Å². The molecule has 0 radical (unpaired) electrons. The third-order valence-electron chi connectivity index (χ3n) is 2.66. The predicted octanol–water partition coefficient (Wildman–Crippen LogP) is 4.18. The molecule has 0 bridgehead atoms. The Morgan fingerprint density at radius 3 is 2.00 bits per heavy atom. The summed E-state index contributed by atoms with van der Waals surface area (Å²) in [6.07, 6.45) is 0. The van der Waals surface area contributed by atoms with E-state index >= 15 is 0 Å². The number of amides is 1. The van der Waals surface area contributed by atoms with Gasteiger partial charge in [-0.3, -0.25) is 9.59 Å². The molecular weight excluding hydrogens is 297 g/mol. The molecular formula is C15H11Cl2NO2. The number of hydrogen-bond acceptors (Lipinski definition) is 2. The molecule has 0 unspecified atom stereocenters. The van der Waals surface area contributed by atoms with Gasteiger partial charge < -0.3 is 5.32 Å². The fourth-order valence-electron chi connectivity index (χ4n) is 1.77. The Balaban J connectivity index is 2.32. The topological polar surface area (TPSA) is 46.2 Å². The number of benzene rings is 2. The number of halogens is 2. The van der Waals surface area contributed by atoms with Crippen LogP contribution in [0.3, 0.4) is 0 Å². The molecule has 0 saturated heterocycles. The number of anilines is 1. The van der Waals surface area contributed by atoms with Crippen LogP contribution >= 0.6 is 23.2 Å². The number of carbonyl (C=O) groups is 2. The average Bonchev–Trinajstić information content (AvgIpc) is 2.38. The van der Waals surface area contributed by atoms with Gasteiger partial charge in [0, 0.05) is 18.2 Å². The SMILES string of the molecule is CC(=O)Nc1ccc(C(=O)c2c(Cl)cccc2Cl)cc1. The van der Waals surface area contributed by atoms with E-state index in [9.17, 15) is 9.59 Å². The van der Waals surface area contributed by atoms with Gasteiger partial charge in [-0.15, -0.1) is 0 Å². The largest absolute Gasteiger partial charge is 0.326 e. The van der Waals surface area contributed by atoms with Crippen LogP contribution in [0, 0.1) is 0 Å². The van der Waals surface area contributed by atoms with Gasteiger partial charge in [-0.25, -0.2) is 0 Å². The summed E-state index contributed by atoms with van der Waals surface area (Å²) in [5.74, 6) is -0.423. The van der Waals surface area contributed by atoms with E-state index in [-0.39, 0.29) is 17.3 Å². The summed E-state index contributed by atoms with van der Waals surface area (Å²) in [6.45, 7) is 1.42. The second-order valence-corrected chi connectivity index (χ2v) is 5.00. The molecule has 0 atom stereocenters. The third kappa shape index (κ3) is 3.18. The van der Waals surface area contributed by atoms with E-state index < -0.39 is 0 Å². The van der Waals surface area contributed by atoms with Gasteiger partial charge >= 0.3 is 0 Å². The maximum absolute atomic E-state index is 12.4. The molecule has 0 aliphatic carbocycles. The fraction of sp³-hybridized carbons (Fsp3) is 0.0667. The molecule has 1 amide bonds. The Morgan fingerprint density at radius 2 is 1.50 bits per heavy atom. The van der Waals surface area contributed by atoms with Crippen molar-refractivity contribution >= 4 is 40.6 Å². The minimum atomic E-state index is -0.255. The molecule has 20 heavy (non-hydrogen) atoms. The van der Waals surface area contributed by atoms with E-state index in [1.165, 1.54) is 6.92 Å². The van der Waals surface area contributed by atoms with Crippen molar-refractivity contribution in [3.8, 4) is 0 Å². The van der Waals surface area contributed by atoms with Crippen LogP contribution in [0.2, 0.25) is 10.0 Å². The first-order chi connectivity index (χ1) is 9.49. The van der Waals surface area contributed by atoms with Crippen molar-refractivity contribution in [3.05, 3.63) is 63.6 Å². The second kappa shape index (κ2) is 6.07. The highest BCUT2D eigenvalue weighted by Crippen LogP contribution is 2.27. The molecule has 0 saturated carbocycles. The number of carbonyl (C=O) groups excluding carboxylic acids is 2. The van der Waals surface area contributed by atoms with Crippen LogP contribution in [-0.4, -0.2) is 11.7 Å². The van der Waals surface area contributed by atoms with Gasteiger partial charge in [0.15, 0.2) is 5.78 Å². The Labute approximate surface area is 126 Å². The molecule has 0 aliphatic rings. The van der Waals surface area contributed by atoms with Crippen molar-refractivity contribution in [2.75, 3.05) is 5.32 Å². The van der Waals surface area contributed by atoms with Crippen molar-refractivity contribution in [1.82, 2.24) is 0 Å². The van der Waals surface area contributed by atoms with E-state index in [1.807, 2.05) is 0 Å². The molecule has 0 fully saturated rings. The number of rotatable bonds is 3. The van der Waals surface area contributed by atoms with Crippen LogP contribution in [0.4, 0.5) is 5.69 Å². The summed E-state index contributed by atoms with van der Waals surface area (Å²) in [5.41, 5.74) is 1.36. The Bertz CT molecular complexity index is 646. The quantitative estimate of drug-likeness (QED) is 0.865. The molecule has 3 nitrogen and oxygen atoms in total. The number of hydrogen-bond donors (Lipinski definition) is 1. The summed E-state index contributed by atoms with van der Waals surface area (Å²) >= 11 is 12.0. The van der Waals surface area contributed by atoms with Crippen LogP contribution < -0.4 is 5.32 Å². The number of nitrogens with one attached hydrogen (secondary N) is 1. The van der Waals surface area contributed by atoms with E-state index in [2.05, 4.69) is 5.32 Å². The predicted molar refractivity (Wildman–Crippen MR) is 80.6 cm³/mol. The monoisotopic (exact) mass is 307 g/mol. The lowest BCUT2D eigenvalue weighted by atomic mass is 10.0. The molecule has 1 N–H and O–H groups in total. The molecule has 2 aromatic carbocycles. The highest BCUT2D eigenvalue weighted by atomic mass is 35.5. The summed E-state index contributed by atoms with van der Waals surface area (Å²) in [7, 11) is 0. The zero-order valence-corrected chi connectivity index (χ0v) is 12.1. The van der Waals surface area contributed by atoms with Crippen molar-refractivity contribution in [2.24, 2.45) is 0 Å². The van der Waals surface area contributed by atoms with Crippen molar-refractivity contribution in [3.63, 3.8) is 0 Å². The fourth-order valence-corrected chi connectivity index (χ4v) is 2.34. The van der Waals surface area contributed by atoms with E-state index in [0.29, 0.717) is 21.3 Å². The average molecular weight is 308 g/mol. The van der Waals surface area contributed by atoms with E-state index in [4.69, 9.17) is 23.2 Å². The lowest BCUT2D eigenvalue weighted by Crippen LogP contribution is -2.07. The van der Waals surface area contributed by atoms with Crippen LogP contribution in [0.15, 0.2) is 42.5 Å². The van der Waals surface area contributed by atoms with Gasteiger partial charge in [0.1, 0.15) is 0 Å². The maximum Gasteiger partial charge on any atom is 0.221 e. The second-order valence-electron chi connectivity index (χ2n) is 4.18. The molecule has 0 aromatic heterocycles. The Morgan fingerprint density at radius 1 is 0.950 bits per heavy atom. The highest BCUT2D eigenvalue weighted by molar-refractivity contribution is 6.41. The molecule has 102 valence electrons. The van der Waals surface area contributed by atoms with Crippen LogP contribution in [0.5, 0.6) is 0 Å². The first kappa shape index (κ1) is 14.6. The first-order valence-corrected chi connectivity index (χ1v) is 6.61. The van der Waals surface area contributed by atoms with Crippen LogP contribution in [0.1, 0.15) is 22.8 Å². The zero-order valence-electron chi connectivity index (χ0n) is 10.6. The standard InChI is InChI=1S/C15H11Cl2NO2/c1-9(19)18-11-7-5-10(6-8-11)15(20)14-12(16)3-2-4-13(14)17/h2-8H,1H3,(H,18,19). The summed E-state index contributed by atoms with van der Waals surface area (Å²) in [4.78, 5) is 23.3. The highest BCUT2D eigenvalue weighted by Gasteiger charge is 2.16. The van der Waals surface area contributed by atoms with Crippen molar-refractivity contribution in [1.29, 1.82) is 0 Å². The van der Waals surface area contributed by atoms with Gasteiger partial charge in [-0.2, -0.15) is 0 Å². The maximum atomic E-state index is 12.4. The molecule has 5 heteroatoms. The smallest absolute Gasteiger partial charge is 0.221 e. The van der Waals surface area contributed by atoms with E-state index in [1.54, 1.807) is 42.5 Å². The summed E-state index contributed by atoms with van der Waals surface area (Å²) in [6, 6.07) is 11.5. The minimum Gasteiger partial charge on any atom is -0.326 e. The first-order valence-electron chi connectivity index (χ1n) is 5.85. The minimum absolute atomic E-state index is 0.168. The van der Waals surface area contributed by atoms with Crippen LogP contribution in [0.25, 0.3) is 0 Å². The lowest BCUT2D eigenvalue weighted by molar-refractivity contribution is -0.114. The van der Waals surface area contributed by atoms with Gasteiger partial charge in [0.2, 0.25) is 5.91 Å². The summed E-state index contributed by atoms with van der Waals surface area (Å²) in [5, 5.41) is 3.26. The molecule has 0 heterocycles. The molecule has 2 aromatic rings. The normalized spacial score (nSPS) is 10.2. The van der Waals surface area contributed by atoms with Crippen LogP contribution in [-0.2, 0) is 4.79 Å². The number of ketones is 1. The zero-order chi connectivity index (χ0) is 14.7. The molecule has 0 aliphatic heterocycles.